The number of likely N-dealkylation sites (tertiary alicyclic amines) is 1. The molecule has 2 saturated heterocycles. The van der Waals surface area contributed by atoms with E-state index < -0.39 is 0 Å². The van der Waals surface area contributed by atoms with Gasteiger partial charge in [-0.1, -0.05) is 37.6 Å². The van der Waals surface area contributed by atoms with E-state index in [2.05, 4.69) is 68.6 Å². The molecule has 1 unspecified atom stereocenters. The molecule has 0 amide bonds. The van der Waals surface area contributed by atoms with Gasteiger partial charge in [-0.25, -0.2) is 0 Å². The summed E-state index contributed by atoms with van der Waals surface area (Å²) in [6.07, 6.45) is 5.35. The molecule has 1 aromatic carbocycles. The molecule has 0 bridgehead atoms. The van der Waals surface area contributed by atoms with Gasteiger partial charge in [0, 0.05) is 65.4 Å². The quantitative estimate of drug-likeness (QED) is 0.505. The van der Waals surface area contributed by atoms with Gasteiger partial charge in [-0.15, -0.1) is 0 Å². The fraction of sp³-hybridized carbons (Fsp3) is 0.708. The van der Waals surface area contributed by atoms with Crippen LogP contribution in [-0.2, 0) is 13.1 Å². The zero-order valence-corrected chi connectivity index (χ0v) is 19.4. The SMILES string of the molecule is CCC1CCCCN1CCNC(=NC)NCc1ccc(CN2CCN(C)CC2)cc1. The zero-order valence-electron chi connectivity index (χ0n) is 19.4. The van der Waals surface area contributed by atoms with E-state index in [1.807, 2.05) is 7.05 Å². The van der Waals surface area contributed by atoms with Gasteiger partial charge < -0.3 is 15.5 Å². The van der Waals surface area contributed by atoms with Crippen LogP contribution in [0.2, 0.25) is 0 Å². The normalized spacial score (nSPS) is 22.2. The van der Waals surface area contributed by atoms with Crippen molar-refractivity contribution >= 4 is 5.96 Å². The van der Waals surface area contributed by atoms with E-state index >= 15 is 0 Å². The molecule has 168 valence electrons. The van der Waals surface area contributed by atoms with Gasteiger partial charge in [0.1, 0.15) is 0 Å². The van der Waals surface area contributed by atoms with Crippen molar-refractivity contribution in [2.24, 2.45) is 4.99 Å². The minimum atomic E-state index is 0.764. The van der Waals surface area contributed by atoms with Crippen molar-refractivity contribution in [1.82, 2.24) is 25.3 Å². The lowest BCUT2D eigenvalue weighted by Crippen LogP contribution is -2.45. The number of benzene rings is 1. The number of rotatable bonds is 8. The second-order valence-corrected chi connectivity index (χ2v) is 8.84. The third-order valence-corrected chi connectivity index (χ3v) is 6.62. The summed E-state index contributed by atoms with van der Waals surface area (Å²) in [5.41, 5.74) is 2.69. The van der Waals surface area contributed by atoms with E-state index in [4.69, 9.17) is 0 Å². The molecule has 0 saturated carbocycles. The lowest BCUT2D eigenvalue weighted by Gasteiger charge is -2.35. The molecule has 2 fully saturated rings. The second kappa shape index (κ2) is 12.3. The molecule has 6 heteroatoms. The van der Waals surface area contributed by atoms with Crippen LogP contribution in [0.5, 0.6) is 0 Å². The van der Waals surface area contributed by atoms with E-state index in [1.54, 1.807) is 0 Å². The van der Waals surface area contributed by atoms with Crippen LogP contribution < -0.4 is 10.6 Å². The maximum absolute atomic E-state index is 4.39. The third-order valence-electron chi connectivity index (χ3n) is 6.62. The maximum Gasteiger partial charge on any atom is 0.191 e. The topological polar surface area (TPSA) is 46.1 Å². The summed E-state index contributed by atoms with van der Waals surface area (Å²) < 4.78 is 0. The molecule has 2 aliphatic heterocycles. The Kier molecular flexibility index (Phi) is 9.43. The highest BCUT2D eigenvalue weighted by Gasteiger charge is 2.20. The number of hydrogen-bond acceptors (Lipinski definition) is 4. The molecular weight excluding hydrogens is 372 g/mol. The molecule has 6 nitrogen and oxygen atoms in total. The van der Waals surface area contributed by atoms with Crippen molar-refractivity contribution < 1.29 is 0 Å². The fourth-order valence-corrected chi connectivity index (χ4v) is 4.57. The predicted octanol–water partition coefficient (Wildman–Crippen LogP) is 2.36. The summed E-state index contributed by atoms with van der Waals surface area (Å²) in [4.78, 5) is 12.0. The Morgan fingerprint density at radius 2 is 1.73 bits per heavy atom. The molecule has 0 radical (unpaired) electrons. The van der Waals surface area contributed by atoms with Crippen LogP contribution in [0.1, 0.15) is 43.7 Å². The summed E-state index contributed by atoms with van der Waals surface area (Å²) >= 11 is 0. The van der Waals surface area contributed by atoms with E-state index in [-0.39, 0.29) is 0 Å². The van der Waals surface area contributed by atoms with Crippen molar-refractivity contribution in [2.75, 3.05) is 59.9 Å². The van der Waals surface area contributed by atoms with Crippen LogP contribution in [0.15, 0.2) is 29.3 Å². The van der Waals surface area contributed by atoms with E-state index in [0.29, 0.717) is 0 Å². The first-order valence-electron chi connectivity index (χ1n) is 11.8. The zero-order chi connectivity index (χ0) is 21.2. The van der Waals surface area contributed by atoms with Crippen LogP contribution >= 0.6 is 0 Å². The van der Waals surface area contributed by atoms with Gasteiger partial charge in [0.15, 0.2) is 5.96 Å². The molecule has 2 N–H and O–H groups in total. The monoisotopic (exact) mass is 414 g/mol. The van der Waals surface area contributed by atoms with Gasteiger partial charge in [0.05, 0.1) is 0 Å². The Labute approximate surface area is 183 Å². The maximum atomic E-state index is 4.39. The number of hydrogen-bond donors (Lipinski definition) is 2. The summed E-state index contributed by atoms with van der Waals surface area (Å²) in [6, 6.07) is 9.79. The largest absolute Gasteiger partial charge is 0.355 e. The number of nitrogens with zero attached hydrogens (tertiary/aromatic N) is 4. The van der Waals surface area contributed by atoms with Gasteiger partial charge >= 0.3 is 0 Å². The van der Waals surface area contributed by atoms with Crippen molar-refractivity contribution in [3.05, 3.63) is 35.4 Å². The van der Waals surface area contributed by atoms with E-state index in [0.717, 1.165) is 51.3 Å². The highest BCUT2D eigenvalue weighted by atomic mass is 15.2. The molecule has 1 atom stereocenters. The number of aliphatic imine (C=N–C) groups is 1. The molecule has 2 heterocycles. The minimum Gasteiger partial charge on any atom is -0.355 e. The third kappa shape index (κ3) is 7.25. The molecule has 1 aromatic rings. The van der Waals surface area contributed by atoms with Gasteiger partial charge in [0.2, 0.25) is 0 Å². The molecule has 0 aromatic heterocycles. The van der Waals surface area contributed by atoms with Gasteiger partial charge in [-0.05, 0) is 44.0 Å². The fourth-order valence-electron chi connectivity index (χ4n) is 4.57. The lowest BCUT2D eigenvalue weighted by atomic mass is 10.0. The Hall–Kier alpha value is -1.63. The first kappa shape index (κ1) is 23.0. The van der Waals surface area contributed by atoms with Crippen LogP contribution in [0, 0.1) is 0 Å². The average molecular weight is 415 g/mol. The smallest absolute Gasteiger partial charge is 0.191 e. The predicted molar refractivity (Wildman–Crippen MR) is 127 cm³/mol. The van der Waals surface area contributed by atoms with Crippen molar-refractivity contribution in [3.8, 4) is 0 Å². The van der Waals surface area contributed by atoms with Crippen LogP contribution in [0.3, 0.4) is 0 Å². The Morgan fingerprint density at radius 1 is 1.00 bits per heavy atom. The molecular formula is C24H42N6. The first-order valence-corrected chi connectivity index (χ1v) is 11.8. The Balaban J connectivity index is 1.37. The van der Waals surface area contributed by atoms with Crippen molar-refractivity contribution in [1.29, 1.82) is 0 Å². The molecule has 30 heavy (non-hydrogen) atoms. The van der Waals surface area contributed by atoms with Crippen LogP contribution in [-0.4, -0.2) is 86.6 Å². The molecule has 2 aliphatic rings. The molecule has 3 rings (SSSR count). The van der Waals surface area contributed by atoms with Crippen molar-refractivity contribution in [3.63, 3.8) is 0 Å². The van der Waals surface area contributed by atoms with Crippen LogP contribution in [0.25, 0.3) is 0 Å². The number of guanidine groups is 1. The summed E-state index contributed by atoms with van der Waals surface area (Å²) in [6.45, 7) is 12.1. The average Bonchev–Trinajstić information content (AvgIpc) is 2.79. The van der Waals surface area contributed by atoms with E-state index in [1.165, 1.54) is 56.4 Å². The highest BCUT2D eigenvalue weighted by Crippen LogP contribution is 2.18. The second-order valence-electron chi connectivity index (χ2n) is 8.84. The molecule has 0 aliphatic carbocycles. The Bertz CT molecular complexity index is 636. The van der Waals surface area contributed by atoms with Gasteiger partial charge in [0.25, 0.3) is 0 Å². The number of piperazine rings is 1. The molecule has 0 spiro atoms. The number of nitrogens with one attached hydrogen (secondary N) is 2. The lowest BCUT2D eigenvalue weighted by molar-refractivity contribution is 0.147. The highest BCUT2D eigenvalue weighted by molar-refractivity contribution is 5.79. The van der Waals surface area contributed by atoms with Gasteiger partial charge in [-0.2, -0.15) is 0 Å². The number of piperidine rings is 1. The Morgan fingerprint density at radius 3 is 2.43 bits per heavy atom. The van der Waals surface area contributed by atoms with Gasteiger partial charge in [-0.3, -0.25) is 14.8 Å². The first-order chi connectivity index (χ1) is 14.7. The van der Waals surface area contributed by atoms with Crippen LogP contribution in [0.4, 0.5) is 0 Å². The number of likely N-dealkylation sites (N-methyl/N-ethyl adjacent to an activating group) is 1. The summed E-state index contributed by atoms with van der Waals surface area (Å²) in [5.74, 6) is 0.890. The van der Waals surface area contributed by atoms with E-state index in [9.17, 15) is 0 Å². The summed E-state index contributed by atoms with van der Waals surface area (Å²) in [5, 5.41) is 6.95. The van der Waals surface area contributed by atoms with Crippen molar-refractivity contribution in [2.45, 2.75) is 51.7 Å². The summed E-state index contributed by atoms with van der Waals surface area (Å²) in [7, 11) is 4.06. The standard InChI is InChI=1S/C24H42N6/c1-4-23-7-5-6-13-30(23)14-12-26-24(25-2)27-19-21-8-10-22(11-9-21)20-29-17-15-28(3)16-18-29/h8-11,23H,4-7,12-20H2,1-3H3,(H2,25,26,27). The minimum absolute atomic E-state index is 0.764.